The second kappa shape index (κ2) is 6.66. The molecule has 1 rings (SSSR count). The molecule has 0 unspecified atom stereocenters. The van der Waals surface area contributed by atoms with Crippen molar-refractivity contribution in [3.63, 3.8) is 0 Å². The Labute approximate surface area is 132 Å². The summed E-state index contributed by atoms with van der Waals surface area (Å²) < 4.78 is 32.7. The van der Waals surface area contributed by atoms with Gasteiger partial charge in [0, 0.05) is 24.7 Å². The SMILES string of the molecule is CCN(C)C(=O)c1ccc(OC)c(S(=O)(=O)NC(C)(C)C)c1. The fourth-order valence-electron chi connectivity index (χ4n) is 1.84. The van der Waals surface area contributed by atoms with Gasteiger partial charge in [0.05, 0.1) is 7.11 Å². The van der Waals surface area contributed by atoms with Gasteiger partial charge in [-0.15, -0.1) is 0 Å². The van der Waals surface area contributed by atoms with Gasteiger partial charge in [-0.05, 0) is 45.9 Å². The number of carbonyl (C=O) groups is 1. The molecule has 6 nitrogen and oxygen atoms in total. The highest BCUT2D eigenvalue weighted by atomic mass is 32.2. The molecule has 1 N–H and O–H groups in total. The lowest BCUT2D eigenvalue weighted by atomic mass is 10.1. The number of hydrogen-bond donors (Lipinski definition) is 1. The van der Waals surface area contributed by atoms with E-state index in [2.05, 4.69) is 4.72 Å². The molecule has 0 saturated carbocycles. The Bertz CT molecular complexity index is 648. The highest BCUT2D eigenvalue weighted by Crippen LogP contribution is 2.26. The second-order valence-corrected chi connectivity index (χ2v) is 7.69. The molecule has 0 heterocycles. The summed E-state index contributed by atoms with van der Waals surface area (Å²) in [7, 11) is -0.740. The summed E-state index contributed by atoms with van der Waals surface area (Å²) in [6.45, 7) is 7.62. The first-order chi connectivity index (χ1) is 10.0. The molecule has 0 aliphatic carbocycles. The van der Waals surface area contributed by atoms with Crippen molar-refractivity contribution < 1.29 is 17.9 Å². The fraction of sp³-hybridized carbons (Fsp3) is 0.533. The molecule has 1 aromatic rings. The first-order valence-electron chi connectivity index (χ1n) is 6.99. The molecule has 22 heavy (non-hydrogen) atoms. The quantitative estimate of drug-likeness (QED) is 0.895. The Hall–Kier alpha value is -1.60. The monoisotopic (exact) mass is 328 g/mol. The highest BCUT2D eigenvalue weighted by Gasteiger charge is 2.26. The minimum atomic E-state index is -3.79. The van der Waals surface area contributed by atoms with Crippen molar-refractivity contribution >= 4 is 15.9 Å². The minimum Gasteiger partial charge on any atom is -0.495 e. The fourth-order valence-corrected chi connectivity index (χ4v) is 3.46. The van der Waals surface area contributed by atoms with Gasteiger partial charge in [-0.1, -0.05) is 0 Å². The van der Waals surface area contributed by atoms with Crippen LogP contribution in [0.1, 0.15) is 38.1 Å². The zero-order chi connectivity index (χ0) is 17.1. The van der Waals surface area contributed by atoms with Crippen molar-refractivity contribution in [1.82, 2.24) is 9.62 Å². The van der Waals surface area contributed by atoms with E-state index in [9.17, 15) is 13.2 Å². The normalized spacial score (nSPS) is 12.1. The summed E-state index contributed by atoms with van der Waals surface area (Å²) in [5.74, 6) is -0.0372. The van der Waals surface area contributed by atoms with Crippen molar-refractivity contribution in [2.45, 2.75) is 38.1 Å². The summed E-state index contributed by atoms with van der Waals surface area (Å²) in [6, 6.07) is 4.40. The van der Waals surface area contributed by atoms with E-state index in [4.69, 9.17) is 4.74 Å². The predicted molar refractivity (Wildman–Crippen MR) is 85.7 cm³/mol. The van der Waals surface area contributed by atoms with Crippen LogP contribution >= 0.6 is 0 Å². The van der Waals surface area contributed by atoms with E-state index in [-0.39, 0.29) is 16.6 Å². The van der Waals surface area contributed by atoms with E-state index in [1.165, 1.54) is 24.1 Å². The first kappa shape index (κ1) is 18.4. The molecule has 1 aromatic carbocycles. The minimum absolute atomic E-state index is 0.0414. The summed E-state index contributed by atoms with van der Waals surface area (Å²) in [5.41, 5.74) is -0.330. The average Bonchev–Trinajstić information content (AvgIpc) is 2.42. The van der Waals surface area contributed by atoms with Gasteiger partial charge in [0.1, 0.15) is 10.6 Å². The Kier molecular flexibility index (Phi) is 5.59. The molecule has 124 valence electrons. The molecule has 0 atom stereocenters. The number of amides is 1. The molecule has 0 bridgehead atoms. The largest absolute Gasteiger partial charge is 0.495 e. The highest BCUT2D eigenvalue weighted by molar-refractivity contribution is 7.89. The van der Waals surface area contributed by atoms with Crippen LogP contribution in [-0.4, -0.2) is 45.5 Å². The molecule has 0 aliphatic rings. The summed E-state index contributed by atoms with van der Waals surface area (Å²) >= 11 is 0. The van der Waals surface area contributed by atoms with E-state index >= 15 is 0 Å². The van der Waals surface area contributed by atoms with Crippen molar-refractivity contribution in [2.24, 2.45) is 0 Å². The van der Waals surface area contributed by atoms with Crippen molar-refractivity contribution in [3.05, 3.63) is 23.8 Å². The molecular weight excluding hydrogens is 304 g/mol. The zero-order valence-electron chi connectivity index (χ0n) is 13.9. The van der Waals surface area contributed by atoms with Gasteiger partial charge in [0.25, 0.3) is 5.91 Å². The van der Waals surface area contributed by atoms with Crippen molar-refractivity contribution in [3.8, 4) is 5.75 Å². The topological polar surface area (TPSA) is 75.7 Å². The van der Waals surface area contributed by atoms with Crippen LogP contribution < -0.4 is 9.46 Å². The second-order valence-electron chi connectivity index (χ2n) is 6.04. The lowest BCUT2D eigenvalue weighted by Gasteiger charge is -2.22. The Balaban J connectivity index is 3.37. The van der Waals surface area contributed by atoms with Gasteiger partial charge in [-0.2, -0.15) is 0 Å². The van der Waals surface area contributed by atoms with Crippen molar-refractivity contribution in [1.29, 1.82) is 0 Å². The van der Waals surface area contributed by atoms with Gasteiger partial charge in [0.2, 0.25) is 10.0 Å². The molecule has 0 fully saturated rings. The van der Waals surface area contributed by atoms with Crippen LogP contribution in [0.25, 0.3) is 0 Å². The summed E-state index contributed by atoms with van der Waals surface area (Å²) in [5, 5.41) is 0. The third kappa shape index (κ3) is 4.45. The molecule has 0 radical (unpaired) electrons. The maximum Gasteiger partial charge on any atom is 0.253 e. The smallest absolute Gasteiger partial charge is 0.253 e. The van der Waals surface area contributed by atoms with Crippen LogP contribution in [0.2, 0.25) is 0 Å². The number of carbonyl (C=O) groups excluding carboxylic acids is 1. The van der Waals surface area contributed by atoms with Gasteiger partial charge >= 0.3 is 0 Å². The van der Waals surface area contributed by atoms with Crippen LogP contribution in [-0.2, 0) is 10.0 Å². The van der Waals surface area contributed by atoms with Crippen LogP contribution in [0.4, 0.5) is 0 Å². The van der Waals surface area contributed by atoms with Gasteiger partial charge in [-0.25, -0.2) is 13.1 Å². The van der Waals surface area contributed by atoms with E-state index < -0.39 is 15.6 Å². The molecule has 7 heteroatoms. The number of nitrogens with zero attached hydrogens (tertiary/aromatic N) is 1. The van der Waals surface area contributed by atoms with Gasteiger partial charge in [-0.3, -0.25) is 4.79 Å². The lowest BCUT2D eigenvalue weighted by Crippen LogP contribution is -2.40. The predicted octanol–water partition coefficient (Wildman–Crippen LogP) is 1.86. The third-order valence-electron chi connectivity index (χ3n) is 2.96. The maximum atomic E-state index is 12.5. The number of benzene rings is 1. The van der Waals surface area contributed by atoms with E-state index in [1.54, 1.807) is 33.9 Å². The van der Waals surface area contributed by atoms with Crippen LogP contribution in [0, 0.1) is 0 Å². The van der Waals surface area contributed by atoms with Crippen LogP contribution in [0.3, 0.4) is 0 Å². The Morgan fingerprint density at radius 1 is 1.32 bits per heavy atom. The standard InChI is InChI=1S/C15H24N2O4S/c1-7-17(5)14(18)11-8-9-12(21-6)13(10-11)22(19,20)16-15(2,3)4/h8-10,16H,7H2,1-6H3. The van der Waals surface area contributed by atoms with Crippen LogP contribution in [0.15, 0.2) is 23.1 Å². The molecule has 0 spiro atoms. The van der Waals surface area contributed by atoms with Crippen LogP contribution in [0.5, 0.6) is 5.75 Å². The number of rotatable bonds is 5. The number of nitrogens with one attached hydrogen (secondary N) is 1. The summed E-state index contributed by atoms with van der Waals surface area (Å²) in [4.78, 5) is 13.7. The lowest BCUT2D eigenvalue weighted by molar-refractivity contribution is 0.0802. The molecule has 0 saturated heterocycles. The average molecular weight is 328 g/mol. The summed E-state index contributed by atoms with van der Waals surface area (Å²) in [6.07, 6.45) is 0. The van der Waals surface area contributed by atoms with Crippen molar-refractivity contribution in [2.75, 3.05) is 20.7 Å². The zero-order valence-corrected chi connectivity index (χ0v) is 14.7. The molecule has 1 amide bonds. The number of methoxy groups -OCH3 is 1. The van der Waals surface area contributed by atoms with Gasteiger partial charge in [0.15, 0.2) is 0 Å². The third-order valence-corrected chi connectivity index (χ3v) is 4.74. The first-order valence-corrected chi connectivity index (χ1v) is 8.47. The Morgan fingerprint density at radius 3 is 2.36 bits per heavy atom. The van der Waals surface area contributed by atoms with Gasteiger partial charge < -0.3 is 9.64 Å². The van der Waals surface area contributed by atoms with E-state index in [0.717, 1.165) is 0 Å². The number of hydrogen-bond acceptors (Lipinski definition) is 4. The van der Waals surface area contributed by atoms with E-state index in [1.807, 2.05) is 6.92 Å². The molecule has 0 aromatic heterocycles. The number of ether oxygens (including phenoxy) is 1. The van der Waals surface area contributed by atoms with E-state index in [0.29, 0.717) is 12.1 Å². The maximum absolute atomic E-state index is 12.5. The Morgan fingerprint density at radius 2 is 1.91 bits per heavy atom. The molecule has 0 aliphatic heterocycles. The number of sulfonamides is 1. The molecular formula is C15H24N2O4S.